The molecule has 8 rings (SSSR count). The number of aliphatic hydroxyl groups is 1. The Hall–Kier alpha value is -6.59. The molecule has 0 saturated carbocycles. The minimum Gasteiger partial charge on any atom is -0.478 e. The number of alkyl carbamates (subject to hydrolysis) is 1. The molecule has 0 bridgehead atoms. The van der Waals surface area contributed by atoms with Crippen molar-refractivity contribution in [3.05, 3.63) is 54.2 Å². The number of nitrogens with one attached hydrogen (secondary N) is 3. The summed E-state index contributed by atoms with van der Waals surface area (Å²) >= 11 is 0. The van der Waals surface area contributed by atoms with Crippen molar-refractivity contribution in [1.29, 1.82) is 0 Å². The first kappa shape index (κ1) is 48.9. The van der Waals surface area contributed by atoms with Crippen LogP contribution in [0.1, 0.15) is 64.5 Å². The van der Waals surface area contributed by atoms with Gasteiger partial charge in [0.2, 0.25) is 11.8 Å². The molecule has 69 heavy (non-hydrogen) atoms. The number of aliphatic hydroxyl groups excluding tert-OH is 1. The van der Waals surface area contributed by atoms with Crippen LogP contribution in [0.25, 0.3) is 16.8 Å². The standard InChI is InChI=1S/C46H64FN15O7/c1-7-31-25-51-62-36(22-37(54-41(31)62)61-14-9-8-10-32(61)13-16-63)48-23-30-11-12-38(49-24-30)68-21-20-67-19-18-66-17-15-60-28-35(43(57-60)65-6)52-40-39-42(58(5)29-50-39)56-44(55-40)59-26-33(47)34(27-59)53-45(64)69-46(2,3)4/h11-12,22,24-25,28-29,32-34,48,63H,7-10,13-21,23,26-27H2,1-6H3,(H,53,64)(H,52,55,56)/t32-,33+,34+/m0/s1. The molecule has 0 aliphatic carbocycles. The van der Waals surface area contributed by atoms with Crippen molar-refractivity contribution in [2.45, 2.75) is 96.7 Å². The van der Waals surface area contributed by atoms with E-state index in [-0.39, 0.29) is 31.7 Å². The fourth-order valence-electron chi connectivity index (χ4n) is 8.38. The zero-order valence-corrected chi connectivity index (χ0v) is 40.2. The van der Waals surface area contributed by atoms with E-state index in [1.54, 1.807) is 53.6 Å². The van der Waals surface area contributed by atoms with Crippen LogP contribution in [-0.2, 0) is 40.8 Å². The van der Waals surface area contributed by atoms with Gasteiger partial charge in [0, 0.05) is 63.2 Å². The first-order chi connectivity index (χ1) is 33.4. The number of aryl methyl sites for hydroxylation is 2. The molecule has 6 aromatic rings. The molecule has 1 amide bonds. The fraction of sp³-hybridized carbons (Fsp3) is 0.565. The van der Waals surface area contributed by atoms with Crippen molar-refractivity contribution in [1.82, 2.24) is 54.2 Å². The van der Waals surface area contributed by atoms with Crippen LogP contribution >= 0.6 is 0 Å². The van der Waals surface area contributed by atoms with Crippen LogP contribution in [0.2, 0.25) is 0 Å². The zero-order valence-electron chi connectivity index (χ0n) is 40.2. The summed E-state index contributed by atoms with van der Waals surface area (Å²) in [5.74, 6) is 3.24. The number of alkyl halides is 1. The third-order valence-electron chi connectivity index (χ3n) is 11.8. The first-order valence-corrected chi connectivity index (χ1v) is 23.6. The number of rotatable bonds is 22. The van der Waals surface area contributed by atoms with Gasteiger partial charge in [-0.25, -0.2) is 24.1 Å². The number of carbonyl (C=O) groups is 1. The molecule has 0 spiro atoms. The number of halogens is 1. The molecule has 8 heterocycles. The summed E-state index contributed by atoms with van der Waals surface area (Å²) in [6, 6.07) is 5.34. The minimum absolute atomic E-state index is 0.0189. The molecule has 0 aromatic carbocycles. The van der Waals surface area contributed by atoms with Crippen LogP contribution in [0, 0.1) is 0 Å². The highest BCUT2D eigenvalue weighted by atomic mass is 19.1. The highest BCUT2D eigenvalue weighted by Crippen LogP contribution is 2.32. The topological polar surface area (TPSA) is 231 Å². The van der Waals surface area contributed by atoms with Gasteiger partial charge in [0.15, 0.2) is 22.6 Å². The number of anilines is 5. The maximum Gasteiger partial charge on any atom is 0.408 e. The van der Waals surface area contributed by atoms with Crippen LogP contribution < -0.4 is 35.2 Å². The van der Waals surface area contributed by atoms with Crippen LogP contribution in [0.5, 0.6) is 11.8 Å². The molecule has 6 aromatic heterocycles. The van der Waals surface area contributed by atoms with E-state index in [0.717, 1.165) is 67.1 Å². The van der Waals surface area contributed by atoms with Crippen molar-refractivity contribution < 1.29 is 38.0 Å². The highest BCUT2D eigenvalue weighted by molar-refractivity contribution is 5.87. The van der Waals surface area contributed by atoms with Crippen molar-refractivity contribution in [3.8, 4) is 11.8 Å². The fourth-order valence-corrected chi connectivity index (χ4v) is 8.38. The number of hydrogen-bond donors (Lipinski definition) is 4. The SMILES string of the molecule is CCc1cnn2c(NCc3ccc(OCCOCCOCCn4cc(Nc5nc(N6C[C@@H](F)[C@H](NC(=O)OC(C)(C)C)C6)nc6c5ncn6C)c(OC)n4)nc3)cc(N3CCCC[C@H]3CCO)nc12. The lowest BCUT2D eigenvalue weighted by molar-refractivity contribution is 0.0328. The molecule has 2 fully saturated rings. The number of nitrogens with zero attached hydrogens (tertiary/aromatic N) is 12. The van der Waals surface area contributed by atoms with E-state index in [1.807, 2.05) is 29.9 Å². The number of carbonyl (C=O) groups excluding carboxylic acids is 1. The van der Waals surface area contributed by atoms with E-state index in [1.165, 1.54) is 7.11 Å². The number of methoxy groups -OCH3 is 1. The Morgan fingerprint density at radius 3 is 2.59 bits per heavy atom. The Labute approximate surface area is 399 Å². The van der Waals surface area contributed by atoms with Gasteiger partial charge in [0.05, 0.1) is 71.4 Å². The second-order valence-corrected chi connectivity index (χ2v) is 18.1. The molecule has 2 aliphatic rings. The Morgan fingerprint density at radius 1 is 1.00 bits per heavy atom. The summed E-state index contributed by atoms with van der Waals surface area (Å²) in [6.45, 7) is 11.3. The zero-order chi connectivity index (χ0) is 48.5. The van der Waals surface area contributed by atoms with Crippen LogP contribution in [0.15, 0.2) is 43.1 Å². The summed E-state index contributed by atoms with van der Waals surface area (Å²) in [5, 5.41) is 28.4. The first-order valence-electron chi connectivity index (χ1n) is 23.6. The number of aromatic nitrogens is 10. The summed E-state index contributed by atoms with van der Waals surface area (Å²) in [6.07, 6.45) is 9.89. The smallest absolute Gasteiger partial charge is 0.408 e. The maximum atomic E-state index is 15.2. The van der Waals surface area contributed by atoms with Gasteiger partial charge in [-0.15, -0.1) is 5.10 Å². The number of piperidine rings is 1. The third-order valence-corrected chi connectivity index (χ3v) is 11.8. The average Bonchev–Trinajstić information content (AvgIpc) is 4.13. The Kier molecular flexibility index (Phi) is 15.7. The van der Waals surface area contributed by atoms with E-state index in [4.69, 9.17) is 33.7 Å². The third kappa shape index (κ3) is 12.2. The summed E-state index contributed by atoms with van der Waals surface area (Å²) < 4.78 is 48.8. The molecule has 0 unspecified atom stereocenters. The van der Waals surface area contributed by atoms with E-state index in [9.17, 15) is 9.90 Å². The summed E-state index contributed by atoms with van der Waals surface area (Å²) in [5.41, 5.74) is 3.77. The van der Waals surface area contributed by atoms with Gasteiger partial charge in [0.1, 0.15) is 35.7 Å². The molecule has 4 N–H and O–H groups in total. The molecule has 372 valence electrons. The monoisotopic (exact) mass is 958 g/mol. The average molecular weight is 958 g/mol. The van der Waals surface area contributed by atoms with Gasteiger partial charge < -0.3 is 59.1 Å². The van der Waals surface area contributed by atoms with E-state index in [2.05, 4.69) is 59.0 Å². The van der Waals surface area contributed by atoms with Gasteiger partial charge in [0.25, 0.3) is 5.88 Å². The molecule has 2 saturated heterocycles. The van der Waals surface area contributed by atoms with Crippen LogP contribution in [-0.4, -0.2) is 150 Å². The molecule has 23 heteroatoms. The van der Waals surface area contributed by atoms with Crippen LogP contribution in [0.3, 0.4) is 0 Å². The highest BCUT2D eigenvalue weighted by Gasteiger charge is 2.37. The van der Waals surface area contributed by atoms with Crippen molar-refractivity contribution in [2.24, 2.45) is 7.05 Å². The van der Waals surface area contributed by atoms with E-state index >= 15 is 4.39 Å². The second kappa shape index (κ2) is 22.2. The molecular weight excluding hydrogens is 894 g/mol. The van der Waals surface area contributed by atoms with Crippen molar-refractivity contribution >= 4 is 52.0 Å². The van der Waals surface area contributed by atoms with Crippen molar-refractivity contribution in [2.75, 3.05) is 86.8 Å². The number of imidazole rings is 1. The molecule has 2 aliphatic heterocycles. The lowest BCUT2D eigenvalue weighted by Crippen LogP contribution is -2.44. The lowest BCUT2D eigenvalue weighted by atomic mass is 9.99. The Balaban J connectivity index is 0.763. The predicted molar refractivity (Wildman–Crippen MR) is 256 cm³/mol. The van der Waals surface area contributed by atoms with E-state index < -0.39 is 23.9 Å². The number of hydrogen-bond acceptors (Lipinski definition) is 18. The summed E-state index contributed by atoms with van der Waals surface area (Å²) in [4.78, 5) is 39.8. The van der Waals surface area contributed by atoms with Gasteiger partial charge in [-0.3, -0.25) is 4.68 Å². The number of pyridine rings is 1. The minimum atomic E-state index is -1.36. The molecule has 22 nitrogen and oxygen atoms in total. The second-order valence-electron chi connectivity index (χ2n) is 18.1. The number of amides is 1. The van der Waals surface area contributed by atoms with Gasteiger partial charge >= 0.3 is 6.09 Å². The Bertz CT molecular complexity index is 2630. The van der Waals surface area contributed by atoms with Crippen molar-refractivity contribution in [3.63, 3.8) is 0 Å². The maximum absolute atomic E-state index is 15.2. The predicted octanol–water partition coefficient (Wildman–Crippen LogP) is 4.83. The Morgan fingerprint density at radius 2 is 1.83 bits per heavy atom. The summed E-state index contributed by atoms with van der Waals surface area (Å²) in [7, 11) is 3.33. The quantitative estimate of drug-likeness (QED) is 0.0668. The largest absolute Gasteiger partial charge is 0.478 e. The van der Waals surface area contributed by atoms with E-state index in [0.29, 0.717) is 80.6 Å². The number of fused-ring (bicyclic) bond motifs is 2. The van der Waals surface area contributed by atoms with Gasteiger partial charge in [-0.2, -0.15) is 19.6 Å². The van der Waals surface area contributed by atoms with Gasteiger partial charge in [-0.1, -0.05) is 13.0 Å². The molecular formula is C46H64FN15O7. The normalized spacial score (nSPS) is 17.5. The van der Waals surface area contributed by atoms with Gasteiger partial charge in [-0.05, 0) is 58.4 Å². The van der Waals surface area contributed by atoms with Crippen LogP contribution in [0.4, 0.5) is 38.3 Å². The lowest BCUT2D eigenvalue weighted by Gasteiger charge is -2.36. The molecule has 0 radical (unpaired) electrons. The molecule has 3 atom stereocenters. The number of ether oxygens (including phenoxy) is 5.